The summed E-state index contributed by atoms with van der Waals surface area (Å²) in [5, 5.41) is 4.03. The second-order valence-corrected chi connectivity index (χ2v) is 2.66. The fourth-order valence-corrected chi connectivity index (χ4v) is 1.15. The highest BCUT2D eigenvalue weighted by molar-refractivity contribution is 5.49. The highest BCUT2D eigenvalue weighted by Crippen LogP contribution is 2.11. The molecule has 0 aliphatic rings. The Hall–Kier alpha value is -1.65. The van der Waals surface area contributed by atoms with E-state index in [4.69, 9.17) is 5.73 Å². The van der Waals surface area contributed by atoms with Crippen LogP contribution in [0.4, 0.5) is 5.82 Å². The van der Waals surface area contributed by atoms with Crippen LogP contribution in [0.5, 0.6) is 0 Å². The topological polar surface area (TPSA) is 69.1 Å². The number of rotatable bonds is 0. The fourth-order valence-electron chi connectivity index (χ4n) is 1.15. The molecule has 0 aromatic carbocycles. The van der Waals surface area contributed by atoms with Gasteiger partial charge in [0.05, 0.1) is 11.4 Å². The molecule has 0 aliphatic carbocycles. The number of hydrogen-bond donors (Lipinski definition) is 1. The van der Waals surface area contributed by atoms with Crippen molar-refractivity contribution in [2.45, 2.75) is 13.8 Å². The van der Waals surface area contributed by atoms with E-state index in [-0.39, 0.29) is 0 Å². The Labute approximate surface area is 69.2 Å². The van der Waals surface area contributed by atoms with Crippen molar-refractivity contribution in [2.24, 2.45) is 0 Å². The molecule has 0 radical (unpaired) electrons. The Morgan fingerprint density at radius 1 is 1.42 bits per heavy atom. The lowest BCUT2D eigenvalue weighted by Gasteiger charge is -2.02. The Morgan fingerprint density at radius 2 is 2.17 bits per heavy atom. The smallest absolute Gasteiger partial charge is 0.176 e. The molecule has 0 saturated heterocycles. The maximum Gasteiger partial charge on any atom is 0.176 e. The van der Waals surface area contributed by atoms with E-state index in [0.717, 1.165) is 17.0 Å². The van der Waals surface area contributed by atoms with Gasteiger partial charge in [0.15, 0.2) is 5.65 Å². The number of anilines is 1. The van der Waals surface area contributed by atoms with Crippen LogP contribution in [-0.4, -0.2) is 19.6 Å². The van der Waals surface area contributed by atoms with Crippen molar-refractivity contribution in [3.63, 3.8) is 0 Å². The Bertz CT molecular complexity index is 431. The molecule has 2 aromatic rings. The summed E-state index contributed by atoms with van der Waals surface area (Å²) in [7, 11) is 0. The third kappa shape index (κ3) is 0.761. The van der Waals surface area contributed by atoms with Crippen LogP contribution in [0.25, 0.3) is 5.65 Å². The summed E-state index contributed by atoms with van der Waals surface area (Å²) in [4.78, 5) is 8.18. The molecule has 2 aromatic heterocycles. The number of fused-ring (bicyclic) bond motifs is 1. The monoisotopic (exact) mass is 163 g/mol. The van der Waals surface area contributed by atoms with Gasteiger partial charge in [-0.15, -0.1) is 0 Å². The standard InChI is InChI=1S/C7H9N5/c1-4-7-9-3-10-12(7)5(2)6(8)11-4/h3H,8H2,1-2H3. The predicted octanol–water partition coefficient (Wildman–Crippen LogP) is 0.323. The summed E-state index contributed by atoms with van der Waals surface area (Å²) in [6, 6.07) is 0. The first kappa shape index (κ1) is 7.02. The lowest BCUT2D eigenvalue weighted by atomic mass is 10.4. The molecule has 5 heteroatoms. The summed E-state index contributed by atoms with van der Waals surface area (Å²) in [6.07, 6.45) is 1.50. The highest BCUT2D eigenvalue weighted by Gasteiger charge is 2.06. The normalized spacial score (nSPS) is 10.8. The average molecular weight is 163 g/mol. The number of nitrogens with two attached hydrogens (primary N) is 1. The van der Waals surface area contributed by atoms with Gasteiger partial charge in [-0.1, -0.05) is 0 Å². The quantitative estimate of drug-likeness (QED) is 0.607. The Balaban J connectivity index is 2.97. The third-order valence-corrected chi connectivity index (χ3v) is 1.85. The zero-order valence-corrected chi connectivity index (χ0v) is 6.94. The largest absolute Gasteiger partial charge is 0.382 e. The van der Waals surface area contributed by atoms with Crippen LogP contribution in [-0.2, 0) is 0 Å². The molecule has 0 atom stereocenters. The van der Waals surface area contributed by atoms with Gasteiger partial charge < -0.3 is 5.73 Å². The number of nitrogen functional groups attached to an aromatic ring is 1. The number of nitrogens with zero attached hydrogens (tertiary/aromatic N) is 4. The van der Waals surface area contributed by atoms with Crippen molar-refractivity contribution in [3.05, 3.63) is 17.7 Å². The molecule has 5 nitrogen and oxygen atoms in total. The fraction of sp³-hybridized carbons (Fsp3) is 0.286. The van der Waals surface area contributed by atoms with Gasteiger partial charge >= 0.3 is 0 Å². The van der Waals surface area contributed by atoms with Crippen molar-refractivity contribution >= 4 is 11.5 Å². The summed E-state index contributed by atoms with van der Waals surface area (Å²) >= 11 is 0. The Morgan fingerprint density at radius 3 is 2.92 bits per heavy atom. The summed E-state index contributed by atoms with van der Waals surface area (Å²) in [5.41, 5.74) is 8.04. The molecule has 0 spiro atoms. The molecular weight excluding hydrogens is 154 g/mol. The SMILES string of the molecule is Cc1nc(N)c(C)n2ncnc12. The van der Waals surface area contributed by atoms with Crippen LogP contribution in [0.3, 0.4) is 0 Å². The molecule has 0 aliphatic heterocycles. The summed E-state index contributed by atoms with van der Waals surface area (Å²) in [5.74, 6) is 0.505. The number of aromatic nitrogens is 4. The van der Waals surface area contributed by atoms with E-state index >= 15 is 0 Å². The summed E-state index contributed by atoms with van der Waals surface area (Å²) < 4.78 is 1.69. The number of aryl methyl sites for hydroxylation is 2. The minimum atomic E-state index is 0.505. The molecule has 2 N–H and O–H groups in total. The van der Waals surface area contributed by atoms with Crippen LogP contribution < -0.4 is 5.73 Å². The lowest BCUT2D eigenvalue weighted by Crippen LogP contribution is -2.04. The van der Waals surface area contributed by atoms with Crippen molar-refractivity contribution in [1.82, 2.24) is 19.6 Å². The van der Waals surface area contributed by atoms with Gasteiger partial charge in [0, 0.05) is 0 Å². The van der Waals surface area contributed by atoms with Gasteiger partial charge in [0.1, 0.15) is 12.1 Å². The van der Waals surface area contributed by atoms with Gasteiger partial charge in [-0.25, -0.2) is 14.5 Å². The van der Waals surface area contributed by atoms with Gasteiger partial charge in [-0.05, 0) is 13.8 Å². The van der Waals surface area contributed by atoms with Crippen LogP contribution in [0.15, 0.2) is 6.33 Å². The highest BCUT2D eigenvalue weighted by atomic mass is 15.3. The molecule has 0 amide bonds. The molecular formula is C7H9N5. The molecule has 0 fully saturated rings. The van der Waals surface area contributed by atoms with E-state index < -0.39 is 0 Å². The van der Waals surface area contributed by atoms with E-state index in [1.165, 1.54) is 6.33 Å². The molecule has 12 heavy (non-hydrogen) atoms. The van der Waals surface area contributed by atoms with Gasteiger partial charge in [0.2, 0.25) is 0 Å². The van der Waals surface area contributed by atoms with Crippen LogP contribution >= 0.6 is 0 Å². The second kappa shape index (κ2) is 2.17. The van der Waals surface area contributed by atoms with Crippen molar-refractivity contribution in [3.8, 4) is 0 Å². The maximum absolute atomic E-state index is 5.65. The first-order chi connectivity index (χ1) is 5.70. The van der Waals surface area contributed by atoms with Crippen LogP contribution in [0.1, 0.15) is 11.4 Å². The van der Waals surface area contributed by atoms with E-state index in [2.05, 4.69) is 15.1 Å². The van der Waals surface area contributed by atoms with Gasteiger partial charge in [-0.3, -0.25) is 0 Å². The second-order valence-electron chi connectivity index (χ2n) is 2.66. The average Bonchev–Trinajstić information content (AvgIpc) is 2.48. The van der Waals surface area contributed by atoms with Crippen molar-refractivity contribution < 1.29 is 0 Å². The first-order valence-electron chi connectivity index (χ1n) is 3.62. The van der Waals surface area contributed by atoms with Crippen LogP contribution in [0.2, 0.25) is 0 Å². The zero-order chi connectivity index (χ0) is 8.72. The molecule has 2 heterocycles. The lowest BCUT2D eigenvalue weighted by molar-refractivity contribution is 0.894. The van der Waals surface area contributed by atoms with Gasteiger partial charge in [-0.2, -0.15) is 5.10 Å². The van der Waals surface area contributed by atoms with Crippen molar-refractivity contribution in [1.29, 1.82) is 0 Å². The first-order valence-corrected chi connectivity index (χ1v) is 3.62. The third-order valence-electron chi connectivity index (χ3n) is 1.85. The van der Waals surface area contributed by atoms with E-state index in [0.29, 0.717) is 5.82 Å². The van der Waals surface area contributed by atoms with Crippen LogP contribution in [0, 0.1) is 13.8 Å². The molecule has 62 valence electrons. The maximum atomic E-state index is 5.65. The molecule has 0 saturated carbocycles. The van der Waals surface area contributed by atoms with E-state index in [1.807, 2.05) is 13.8 Å². The molecule has 2 rings (SSSR count). The predicted molar refractivity (Wildman–Crippen MR) is 44.7 cm³/mol. The molecule has 0 unspecified atom stereocenters. The van der Waals surface area contributed by atoms with E-state index in [1.54, 1.807) is 4.52 Å². The zero-order valence-electron chi connectivity index (χ0n) is 6.94. The van der Waals surface area contributed by atoms with Crippen molar-refractivity contribution in [2.75, 3.05) is 5.73 Å². The molecule has 0 bridgehead atoms. The summed E-state index contributed by atoms with van der Waals surface area (Å²) in [6.45, 7) is 3.73. The van der Waals surface area contributed by atoms with Gasteiger partial charge in [0.25, 0.3) is 0 Å². The number of hydrogen-bond acceptors (Lipinski definition) is 4. The minimum absolute atomic E-state index is 0.505. The minimum Gasteiger partial charge on any atom is -0.382 e. The van der Waals surface area contributed by atoms with E-state index in [9.17, 15) is 0 Å². The Kier molecular flexibility index (Phi) is 1.27.